The van der Waals surface area contributed by atoms with Crippen LogP contribution in [0.5, 0.6) is 0 Å². The van der Waals surface area contributed by atoms with Crippen LogP contribution in [0.2, 0.25) is 0 Å². The largest absolute Gasteiger partial charge is 0.379 e. The van der Waals surface area contributed by atoms with E-state index < -0.39 is 20.5 Å². The van der Waals surface area contributed by atoms with Gasteiger partial charge in [0.15, 0.2) is 0 Å². The number of H-pyrrole nitrogens is 1. The minimum absolute atomic E-state index is 0.394. The number of anilines is 1. The van der Waals surface area contributed by atoms with Crippen molar-refractivity contribution in [3.63, 3.8) is 0 Å². The molecule has 0 saturated carbocycles. The average Bonchev–Trinajstić information content (AvgIpc) is 2.90. The van der Waals surface area contributed by atoms with Crippen molar-refractivity contribution in [2.75, 3.05) is 5.32 Å². The molecule has 0 aliphatic rings. The Labute approximate surface area is 108 Å². The third-order valence-corrected chi connectivity index (χ3v) is 3.85. The number of benzene rings is 1. The van der Waals surface area contributed by atoms with E-state index in [9.17, 15) is 17.2 Å². The lowest BCUT2D eigenvalue weighted by Gasteiger charge is -2.07. The van der Waals surface area contributed by atoms with Crippen LogP contribution in [-0.4, -0.2) is 24.1 Å². The Hall–Kier alpha value is -1.96. The van der Waals surface area contributed by atoms with E-state index in [4.69, 9.17) is 0 Å². The van der Waals surface area contributed by atoms with Gasteiger partial charge in [0.05, 0.1) is 23.5 Å². The van der Waals surface area contributed by atoms with Crippen LogP contribution in [0.25, 0.3) is 0 Å². The lowest BCUT2D eigenvalue weighted by atomic mass is 10.3. The number of hydrogen-bond acceptors (Lipinski definition) is 4. The van der Waals surface area contributed by atoms with Gasteiger partial charge in [0, 0.05) is 11.9 Å². The molecule has 5 nitrogen and oxygen atoms in total. The molecule has 1 aromatic heterocycles. The number of halogens is 2. The third kappa shape index (κ3) is 3.08. The Morgan fingerprint density at radius 1 is 1.26 bits per heavy atom. The van der Waals surface area contributed by atoms with Crippen molar-refractivity contribution in [1.82, 2.24) is 9.97 Å². The predicted molar refractivity (Wildman–Crippen MR) is 65.5 cm³/mol. The maximum absolute atomic E-state index is 12.3. The van der Waals surface area contributed by atoms with Crippen LogP contribution in [0.1, 0.15) is 5.69 Å². The van der Waals surface area contributed by atoms with E-state index in [-0.39, 0.29) is 0 Å². The number of nitrogens with one attached hydrogen (secondary N) is 2. The molecule has 0 unspecified atom stereocenters. The number of imidazole rings is 1. The van der Waals surface area contributed by atoms with E-state index in [2.05, 4.69) is 15.3 Å². The summed E-state index contributed by atoms with van der Waals surface area (Å²) in [5.74, 6) is -3.41. The second kappa shape index (κ2) is 5.35. The second-order valence-corrected chi connectivity index (χ2v) is 5.68. The molecule has 0 spiro atoms. The van der Waals surface area contributed by atoms with Crippen molar-refractivity contribution in [2.24, 2.45) is 0 Å². The molecule has 8 heteroatoms. The monoisotopic (exact) mass is 287 g/mol. The smallest absolute Gasteiger partial charge is 0.341 e. The predicted octanol–water partition coefficient (Wildman–Crippen LogP) is 2.02. The molecule has 0 amide bonds. The lowest BCUT2D eigenvalue weighted by Crippen LogP contribution is -2.11. The first-order valence-corrected chi connectivity index (χ1v) is 6.88. The SMILES string of the molecule is O=S(=O)(c1ccc(NCc2cnc[nH]2)cc1)C(F)F. The molecule has 2 aromatic rings. The fourth-order valence-electron chi connectivity index (χ4n) is 1.44. The van der Waals surface area contributed by atoms with Crippen LogP contribution >= 0.6 is 0 Å². The van der Waals surface area contributed by atoms with Gasteiger partial charge in [-0.25, -0.2) is 13.4 Å². The van der Waals surface area contributed by atoms with Gasteiger partial charge in [-0.2, -0.15) is 8.78 Å². The molecular formula is C11H11F2N3O2S. The maximum Gasteiger partial charge on any atom is 0.341 e. The number of hydrogen-bond donors (Lipinski definition) is 2. The average molecular weight is 287 g/mol. The molecule has 0 saturated heterocycles. The Morgan fingerprint density at radius 2 is 1.95 bits per heavy atom. The van der Waals surface area contributed by atoms with Crippen LogP contribution in [-0.2, 0) is 16.4 Å². The molecule has 0 bridgehead atoms. The zero-order chi connectivity index (χ0) is 13.9. The number of nitrogens with zero attached hydrogens (tertiary/aromatic N) is 1. The molecule has 0 aliphatic heterocycles. The van der Waals surface area contributed by atoms with Crippen molar-refractivity contribution in [1.29, 1.82) is 0 Å². The van der Waals surface area contributed by atoms with Gasteiger partial charge < -0.3 is 10.3 Å². The molecule has 0 radical (unpaired) electrons. The van der Waals surface area contributed by atoms with E-state index >= 15 is 0 Å². The minimum atomic E-state index is -4.53. The second-order valence-electron chi connectivity index (χ2n) is 3.76. The summed E-state index contributed by atoms with van der Waals surface area (Å²) in [5, 5.41) is 3.00. The van der Waals surface area contributed by atoms with E-state index in [1.165, 1.54) is 18.5 Å². The van der Waals surface area contributed by atoms with Gasteiger partial charge in [-0.05, 0) is 24.3 Å². The van der Waals surface area contributed by atoms with Crippen LogP contribution in [0.3, 0.4) is 0 Å². The first-order valence-electron chi connectivity index (χ1n) is 5.33. The van der Waals surface area contributed by atoms with Crippen molar-refractivity contribution in [3.05, 3.63) is 42.5 Å². The fourth-order valence-corrected chi connectivity index (χ4v) is 2.17. The summed E-state index contributed by atoms with van der Waals surface area (Å²) >= 11 is 0. The van der Waals surface area contributed by atoms with Crippen molar-refractivity contribution in [2.45, 2.75) is 17.2 Å². The van der Waals surface area contributed by atoms with Crippen molar-refractivity contribution in [3.8, 4) is 0 Å². The standard InChI is InChI=1S/C11H11F2N3O2S/c12-11(13)19(17,18)10-3-1-8(2-4-10)15-6-9-5-14-7-16-9/h1-5,7,11,15H,6H2,(H,14,16). The highest BCUT2D eigenvalue weighted by Crippen LogP contribution is 2.20. The minimum Gasteiger partial charge on any atom is -0.379 e. The van der Waals surface area contributed by atoms with E-state index in [1.54, 1.807) is 6.20 Å². The molecule has 2 N–H and O–H groups in total. The summed E-state index contributed by atoms with van der Waals surface area (Å²) in [4.78, 5) is 6.34. The first kappa shape index (κ1) is 13.5. The zero-order valence-corrected chi connectivity index (χ0v) is 10.5. The van der Waals surface area contributed by atoms with Crippen LogP contribution in [0, 0.1) is 0 Å². The molecule has 2 rings (SSSR count). The first-order chi connectivity index (χ1) is 9.00. The highest BCUT2D eigenvalue weighted by atomic mass is 32.2. The summed E-state index contributed by atoms with van der Waals surface area (Å²) in [6, 6.07) is 5.17. The van der Waals surface area contributed by atoms with E-state index in [1.807, 2.05) is 0 Å². The Morgan fingerprint density at radius 3 is 2.47 bits per heavy atom. The lowest BCUT2D eigenvalue weighted by molar-refractivity contribution is 0.234. The Kier molecular flexibility index (Phi) is 3.79. The van der Waals surface area contributed by atoms with E-state index in [0.717, 1.165) is 17.8 Å². The van der Waals surface area contributed by atoms with Gasteiger partial charge in [0.2, 0.25) is 9.84 Å². The summed E-state index contributed by atoms with van der Waals surface area (Å²) < 4.78 is 47.0. The summed E-state index contributed by atoms with van der Waals surface area (Å²) in [7, 11) is -4.53. The molecule has 1 aromatic carbocycles. The van der Waals surface area contributed by atoms with Crippen molar-refractivity contribution < 1.29 is 17.2 Å². The molecule has 0 fully saturated rings. The summed E-state index contributed by atoms with van der Waals surface area (Å²) in [5.41, 5.74) is 1.48. The maximum atomic E-state index is 12.3. The number of sulfone groups is 1. The van der Waals surface area contributed by atoms with Gasteiger partial charge in [-0.15, -0.1) is 0 Å². The normalized spacial score (nSPS) is 11.7. The van der Waals surface area contributed by atoms with Gasteiger partial charge >= 0.3 is 5.76 Å². The Balaban J connectivity index is 2.07. The Bertz CT molecular complexity index is 624. The zero-order valence-electron chi connectivity index (χ0n) is 9.68. The summed E-state index contributed by atoms with van der Waals surface area (Å²) in [6.07, 6.45) is 3.18. The molecular weight excluding hydrogens is 276 g/mol. The van der Waals surface area contributed by atoms with Gasteiger partial charge in [-0.1, -0.05) is 0 Å². The van der Waals surface area contributed by atoms with Crippen LogP contribution in [0.4, 0.5) is 14.5 Å². The molecule has 19 heavy (non-hydrogen) atoms. The van der Waals surface area contributed by atoms with Gasteiger partial charge in [0.25, 0.3) is 0 Å². The number of alkyl halides is 2. The highest BCUT2D eigenvalue weighted by molar-refractivity contribution is 7.91. The van der Waals surface area contributed by atoms with E-state index in [0.29, 0.717) is 12.2 Å². The number of rotatable bonds is 5. The van der Waals surface area contributed by atoms with Crippen LogP contribution < -0.4 is 5.32 Å². The fraction of sp³-hybridized carbons (Fsp3) is 0.182. The number of aromatic nitrogens is 2. The molecule has 0 aliphatic carbocycles. The molecule has 1 heterocycles. The highest BCUT2D eigenvalue weighted by Gasteiger charge is 2.26. The van der Waals surface area contributed by atoms with Crippen molar-refractivity contribution >= 4 is 15.5 Å². The molecule has 102 valence electrons. The van der Waals surface area contributed by atoms with Crippen LogP contribution in [0.15, 0.2) is 41.7 Å². The quantitative estimate of drug-likeness (QED) is 0.882. The third-order valence-electron chi connectivity index (χ3n) is 2.46. The topological polar surface area (TPSA) is 74.8 Å². The molecule has 0 atom stereocenters. The van der Waals surface area contributed by atoms with Gasteiger partial charge in [-0.3, -0.25) is 0 Å². The summed E-state index contributed by atoms with van der Waals surface area (Å²) in [6.45, 7) is 0.473. The number of aromatic amines is 1. The van der Waals surface area contributed by atoms with Gasteiger partial charge in [0.1, 0.15) is 0 Å².